The molecule has 1 atom stereocenters. The van der Waals surface area contributed by atoms with Crippen molar-refractivity contribution in [2.75, 3.05) is 7.05 Å². The van der Waals surface area contributed by atoms with E-state index in [1.807, 2.05) is 7.05 Å². The first kappa shape index (κ1) is 16.2. The van der Waals surface area contributed by atoms with Gasteiger partial charge in [-0.05, 0) is 23.8 Å². The number of rotatable bonds is 3. The number of ether oxygens (including phenoxy) is 1. The Morgan fingerprint density at radius 1 is 1.25 bits per heavy atom. The van der Waals surface area contributed by atoms with Gasteiger partial charge in [0, 0.05) is 32.1 Å². The summed E-state index contributed by atoms with van der Waals surface area (Å²) in [6, 6.07) is 6.42. The SMILES string of the molecule is CNC1=C(c2cccc(C(F)(F)F)c2)C(=O)C(c2ccn(C)c2)O1. The number of hydrogen-bond acceptors (Lipinski definition) is 3. The third-order valence-corrected chi connectivity index (χ3v) is 3.81. The topological polar surface area (TPSA) is 43.3 Å². The van der Waals surface area contributed by atoms with Gasteiger partial charge in [0.1, 0.15) is 0 Å². The van der Waals surface area contributed by atoms with Gasteiger partial charge in [0.05, 0.1) is 11.1 Å². The van der Waals surface area contributed by atoms with Crippen molar-refractivity contribution in [2.24, 2.45) is 7.05 Å². The van der Waals surface area contributed by atoms with E-state index >= 15 is 0 Å². The molecule has 1 aliphatic rings. The van der Waals surface area contributed by atoms with Crippen molar-refractivity contribution in [3.05, 3.63) is 65.3 Å². The molecule has 0 aliphatic carbocycles. The zero-order valence-electron chi connectivity index (χ0n) is 13.0. The van der Waals surface area contributed by atoms with Gasteiger partial charge in [-0.2, -0.15) is 13.2 Å². The lowest BCUT2D eigenvalue weighted by molar-refractivity contribution is -0.137. The normalized spacial score (nSPS) is 18.0. The summed E-state index contributed by atoms with van der Waals surface area (Å²) < 4.78 is 46.2. The van der Waals surface area contributed by atoms with Crippen molar-refractivity contribution in [1.29, 1.82) is 0 Å². The van der Waals surface area contributed by atoms with Crippen molar-refractivity contribution in [3.8, 4) is 0 Å². The molecule has 126 valence electrons. The molecule has 1 aromatic carbocycles. The molecule has 0 radical (unpaired) electrons. The number of halogens is 3. The average molecular weight is 336 g/mol. The molecule has 0 amide bonds. The third kappa shape index (κ3) is 2.77. The summed E-state index contributed by atoms with van der Waals surface area (Å²) in [5.74, 6) is -0.196. The standard InChI is InChI=1S/C17H15F3N2O2/c1-21-16-13(10-4-3-5-12(8-10)17(18,19)20)14(23)15(24-16)11-6-7-22(2)9-11/h3-9,15,21H,1-2H3. The molecule has 1 unspecified atom stereocenters. The molecular formula is C17H15F3N2O2. The Kier molecular flexibility index (Phi) is 3.87. The fraction of sp³-hybridized carbons (Fsp3) is 0.235. The Balaban J connectivity index is 2.01. The van der Waals surface area contributed by atoms with Gasteiger partial charge in [-0.15, -0.1) is 0 Å². The van der Waals surface area contributed by atoms with E-state index in [2.05, 4.69) is 5.32 Å². The fourth-order valence-electron chi connectivity index (χ4n) is 2.68. The highest BCUT2D eigenvalue weighted by molar-refractivity contribution is 6.25. The maximum absolute atomic E-state index is 12.9. The van der Waals surface area contributed by atoms with Crippen LogP contribution >= 0.6 is 0 Å². The minimum Gasteiger partial charge on any atom is -0.462 e. The van der Waals surface area contributed by atoms with Crippen LogP contribution in [-0.2, 0) is 22.8 Å². The molecule has 2 heterocycles. The Labute approximate surface area is 136 Å². The zero-order chi connectivity index (χ0) is 17.5. The van der Waals surface area contributed by atoms with E-state index in [1.54, 1.807) is 30.1 Å². The van der Waals surface area contributed by atoms with Crippen molar-refractivity contribution >= 4 is 11.4 Å². The third-order valence-electron chi connectivity index (χ3n) is 3.81. The first-order chi connectivity index (χ1) is 11.3. The van der Waals surface area contributed by atoms with Crippen LogP contribution < -0.4 is 5.32 Å². The second-order valence-electron chi connectivity index (χ2n) is 5.51. The summed E-state index contributed by atoms with van der Waals surface area (Å²) in [6.07, 6.45) is -1.83. The van der Waals surface area contributed by atoms with Crippen molar-refractivity contribution in [1.82, 2.24) is 9.88 Å². The highest BCUT2D eigenvalue weighted by Gasteiger charge is 2.38. The number of carbonyl (C=O) groups excluding carboxylic acids is 1. The number of carbonyl (C=O) groups is 1. The Hall–Kier alpha value is -2.70. The molecule has 0 saturated heterocycles. The highest BCUT2D eigenvalue weighted by atomic mass is 19.4. The molecule has 0 spiro atoms. The smallest absolute Gasteiger partial charge is 0.416 e. The molecule has 0 fully saturated rings. The predicted octanol–water partition coefficient (Wildman–Crippen LogP) is 3.27. The molecule has 1 aliphatic heterocycles. The Bertz CT molecular complexity index is 821. The molecule has 24 heavy (non-hydrogen) atoms. The van der Waals surface area contributed by atoms with Crippen molar-refractivity contribution < 1.29 is 22.7 Å². The molecule has 2 aromatic rings. The van der Waals surface area contributed by atoms with E-state index in [1.165, 1.54) is 12.1 Å². The quantitative estimate of drug-likeness (QED) is 0.935. The number of nitrogens with zero attached hydrogens (tertiary/aromatic N) is 1. The van der Waals surface area contributed by atoms with Gasteiger partial charge in [0.25, 0.3) is 0 Å². The number of nitrogens with one attached hydrogen (secondary N) is 1. The van der Waals surface area contributed by atoms with Crippen LogP contribution in [0.25, 0.3) is 5.57 Å². The van der Waals surface area contributed by atoms with Crippen LogP contribution in [0.4, 0.5) is 13.2 Å². The first-order valence-corrected chi connectivity index (χ1v) is 7.23. The van der Waals surface area contributed by atoms with Crippen LogP contribution in [0.2, 0.25) is 0 Å². The summed E-state index contributed by atoms with van der Waals surface area (Å²) in [5.41, 5.74) is 0.145. The van der Waals surface area contributed by atoms with E-state index in [4.69, 9.17) is 4.74 Å². The molecule has 1 N–H and O–H groups in total. The first-order valence-electron chi connectivity index (χ1n) is 7.23. The zero-order valence-corrected chi connectivity index (χ0v) is 13.0. The van der Waals surface area contributed by atoms with E-state index in [9.17, 15) is 18.0 Å². The van der Waals surface area contributed by atoms with Crippen LogP contribution in [-0.4, -0.2) is 17.4 Å². The van der Waals surface area contributed by atoms with Crippen molar-refractivity contribution in [3.63, 3.8) is 0 Å². The van der Waals surface area contributed by atoms with Gasteiger partial charge in [0.2, 0.25) is 5.78 Å². The molecular weight excluding hydrogens is 321 g/mol. The van der Waals surface area contributed by atoms with E-state index in [0.29, 0.717) is 5.56 Å². The fourth-order valence-corrected chi connectivity index (χ4v) is 2.68. The number of benzene rings is 1. The lowest BCUT2D eigenvalue weighted by Gasteiger charge is -2.09. The predicted molar refractivity (Wildman–Crippen MR) is 81.7 cm³/mol. The number of aryl methyl sites for hydroxylation is 1. The minimum absolute atomic E-state index is 0.123. The van der Waals surface area contributed by atoms with Crippen LogP contribution in [0.15, 0.2) is 48.6 Å². The summed E-state index contributed by atoms with van der Waals surface area (Å²) in [4.78, 5) is 12.7. The van der Waals surface area contributed by atoms with Gasteiger partial charge in [-0.1, -0.05) is 12.1 Å². The monoisotopic (exact) mass is 336 g/mol. The number of ketones is 1. The molecule has 4 nitrogen and oxygen atoms in total. The van der Waals surface area contributed by atoms with Gasteiger partial charge < -0.3 is 14.6 Å². The van der Waals surface area contributed by atoms with Gasteiger partial charge in [-0.25, -0.2) is 0 Å². The molecule has 3 rings (SSSR count). The average Bonchev–Trinajstić information content (AvgIpc) is 3.09. The number of aromatic nitrogens is 1. The Morgan fingerprint density at radius 2 is 2.00 bits per heavy atom. The lowest BCUT2D eigenvalue weighted by Crippen LogP contribution is -2.10. The minimum atomic E-state index is -4.47. The molecule has 7 heteroatoms. The second kappa shape index (κ2) is 5.74. The van der Waals surface area contributed by atoms with Crippen molar-refractivity contribution in [2.45, 2.75) is 12.3 Å². The van der Waals surface area contributed by atoms with Crippen LogP contribution in [0, 0.1) is 0 Å². The van der Waals surface area contributed by atoms with E-state index in [0.717, 1.165) is 12.1 Å². The van der Waals surface area contributed by atoms with Gasteiger partial charge in [-0.3, -0.25) is 4.79 Å². The largest absolute Gasteiger partial charge is 0.462 e. The molecule has 0 saturated carbocycles. The number of hydrogen-bond donors (Lipinski definition) is 1. The summed E-state index contributed by atoms with van der Waals surface area (Å²) in [6.45, 7) is 0. The van der Waals surface area contributed by atoms with E-state index < -0.39 is 17.8 Å². The molecule has 1 aromatic heterocycles. The summed E-state index contributed by atoms with van der Waals surface area (Å²) >= 11 is 0. The van der Waals surface area contributed by atoms with Crippen LogP contribution in [0.5, 0.6) is 0 Å². The summed E-state index contributed by atoms with van der Waals surface area (Å²) in [7, 11) is 3.37. The number of alkyl halides is 3. The van der Waals surface area contributed by atoms with Gasteiger partial charge >= 0.3 is 6.18 Å². The maximum atomic E-state index is 12.9. The van der Waals surface area contributed by atoms with E-state index in [-0.39, 0.29) is 22.8 Å². The Morgan fingerprint density at radius 3 is 2.58 bits per heavy atom. The van der Waals surface area contributed by atoms with Crippen LogP contribution in [0.3, 0.4) is 0 Å². The van der Waals surface area contributed by atoms with Crippen LogP contribution in [0.1, 0.15) is 22.8 Å². The number of Topliss-reactive ketones (excluding diaryl/α,β-unsaturated/α-hetero) is 1. The molecule has 0 bridgehead atoms. The highest BCUT2D eigenvalue weighted by Crippen LogP contribution is 2.38. The van der Waals surface area contributed by atoms with Gasteiger partial charge in [0.15, 0.2) is 12.0 Å². The lowest BCUT2D eigenvalue weighted by atomic mass is 9.97. The second-order valence-corrected chi connectivity index (χ2v) is 5.51. The summed E-state index contributed by atoms with van der Waals surface area (Å²) in [5, 5.41) is 2.76. The maximum Gasteiger partial charge on any atom is 0.416 e.